The molecule has 0 fully saturated rings. The van der Waals surface area contributed by atoms with Gasteiger partial charge in [-0.2, -0.15) is 0 Å². The normalized spacial score (nSPS) is 11.4. The topological polar surface area (TPSA) is 86.8 Å². The number of nitrogens with one attached hydrogen (secondary N) is 1. The lowest BCUT2D eigenvalue weighted by Gasteiger charge is -2.15. The maximum Gasteiger partial charge on any atom is 0.342 e. The van der Waals surface area contributed by atoms with Gasteiger partial charge in [-0.3, -0.25) is 4.79 Å². The molecule has 9 heteroatoms. The van der Waals surface area contributed by atoms with E-state index >= 15 is 0 Å². The van der Waals surface area contributed by atoms with Crippen molar-refractivity contribution in [3.8, 4) is 11.5 Å². The van der Waals surface area contributed by atoms with Crippen LogP contribution in [0, 0.1) is 0 Å². The fourth-order valence-electron chi connectivity index (χ4n) is 1.97. The van der Waals surface area contributed by atoms with Gasteiger partial charge >= 0.3 is 5.97 Å². The lowest BCUT2D eigenvalue weighted by Crippen LogP contribution is -2.30. The molecule has 1 aromatic carbocycles. The van der Waals surface area contributed by atoms with Gasteiger partial charge in [0.05, 0.1) is 24.3 Å². The summed E-state index contributed by atoms with van der Waals surface area (Å²) < 4.78 is 15.4. The molecule has 1 N–H and O–H groups in total. The van der Waals surface area contributed by atoms with E-state index in [9.17, 15) is 9.59 Å². The van der Waals surface area contributed by atoms with Gasteiger partial charge < -0.3 is 19.5 Å². The van der Waals surface area contributed by atoms with Gasteiger partial charge in [0.2, 0.25) is 0 Å². The number of carbonyl (C=O) groups excluding carboxylic acids is 2. The van der Waals surface area contributed by atoms with Crippen LogP contribution in [0.4, 0.5) is 5.82 Å². The number of pyridine rings is 1. The number of aromatic nitrogens is 1. The van der Waals surface area contributed by atoms with Crippen molar-refractivity contribution in [2.24, 2.45) is 0 Å². The zero-order valence-corrected chi connectivity index (χ0v) is 15.7. The molecule has 0 spiro atoms. The van der Waals surface area contributed by atoms with E-state index in [0.29, 0.717) is 10.8 Å². The van der Waals surface area contributed by atoms with E-state index in [1.165, 1.54) is 39.5 Å². The molecule has 1 heterocycles. The highest BCUT2D eigenvalue weighted by Crippen LogP contribution is 2.26. The Morgan fingerprint density at radius 3 is 2.50 bits per heavy atom. The predicted molar refractivity (Wildman–Crippen MR) is 97.3 cm³/mol. The zero-order valence-electron chi connectivity index (χ0n) is 14.2. The summed E-state index contributed by atoms with van der Waals surface area (Å²) in [4.78, 5) is 28.4. The average Bonchev–Trinajstić information content (AvgIpc) is 2.63. The number of carbonyl (C=O) groups is 2. The minimum atomic E-state index is -1.09. The maximum absolute atomic E-state index is 12.3. The van der Waals surface area contributed by atoms with E-state index in [1.54, 1.807) is 12.1 Å². The summed E-state index contributed by atoms with van der Waals surface area (Å²) in [5.41, 5.74) is 0.163. The van der Waals surface area contributed by atoms with Crippen LogP contribution in [-0.4, -0.2) is 37.2 Å². The van der Waals surface area contributed by atoms with Crippen molar-refractivity contribution in [1.82, 2.24) is 4.98 Å². The molecule has 2 aromatic rings. The molecule has 0 aliphatic carbocycles. The summed E-state index contributed by atoms with van der Waals surface area (Å²) in [6.45, 7) is 1.42. The first kappa shape index (κ1) is 19.8. The Hall–Kier alpha value is -2.51. The van der Waals surface area contributed by atoms with Gasteiger partial charge in [-0.1, -0.05) is 23.2 Å². The minimum absolute atomic E-state index is 0.117. The summed E-state index contributed by atoms with van der Waals surface area (Å²) in [6.07, 6.45) is 0.241. The summed E-state index contributed by atoms with van der Waals surface area (Å²) >= 11 is 11.7. The first-order chi connectivity index (χ1) is 12.3. The van der Waals surface area contributed by atoms with Crippen LogP contribution in [0.2, 0.25) is 10.0 Å². The molecule has 0 unspecified atom stereocenters. The van der Waals surface area contributed by atoms with Gasteiger partial charge in [-0.25, -0.2) is 9.78 Å². The molecule has 0 aliphatic heterocycles. The molecule has 0 aliphatic rings. The van der Waals surface area contributed by atoms with Crippen LogP contribution in [0.25, 0.3) is 0 Å². The highest BCUT2D eigenvalue weighted by Gasteiger charge is 2.22. The van der Waals surface area contributed by atoms with Crippen molar-refractivity contribution in [3.63, 3.8) is 0 Å². The second-order valence-corrected chi connectivity index (χ2v) is 5.93. The molecule has 0 saturated heterocycles. The summed E-state index contributed by atoms with van der Waals surface area (Å²) in [5, 5.41) is 2.97. The number of rotatable bonds is 6. The standard InChI is InChI=1S/C17H16Cl2N2O5/c1-9(16(22)21-15-13(19)6-10(18)8-20-15)26-17(23)12-5-4-11(24-2)7-14(12)25-3/h4-9H,1-3H3,(H,20,21,22)/t9-/m1/s1. The molecule has 0 saturated carbocycles. The number of hydrogen-bond donors (Lipinski definition) is 1. The van der Waals surface area contributed by atoms with Crippen LogP contribution >= 0.6 is 23.2 Å². The number of esters is 1. The summed E-state index contributed by atoms with van der Waals surface area (Å²) in [5.74, 6) is -0.409. The van der Waals surface area contributed by atoms with Crippen LogP contribution in [0.15, 0.2) is 30.5 Å². The van der Waals surface area contributed by atoms with Crippen molar-refractivity contribution in [1.29, 1.82) is 0 Å². The van der Waals surface area contributed by atoms with Crippen molar-refractivity contribution in [2.75, 3.05) is 19.5 Å². The van der Waals surface area contributed by atoms with Crippen LogP contribution in [0.5, 0.6) is 11.5 Å². The summed E-state index contributed by atoms with van der Waals surface area (Å²) in [6, 6.07) is 6.05. The monoisotopic (exact) mass is 398 g/mol. The number of amides is 1. The Morgan fingerprint density at radius 1 is 1.15 bits per heavy atom. The highest BCUT2D eigenvalue weighted by atomic mass is 35.5. The molecular weight excluding hydrogens is 383 g/mol. The Kier molecular flexibility index (Phi) is 6.65. The van der Waals surface area contributed by atoms with E-state index in [1.807, 2.05) is 0 Å². The Balaban J connectivity index is 2.07. The number of nitrogens with zero attached hydrogens (tertiary/aromatic N) is 1. The molecule has 0 bridgehead atoms. The van der Waals surface area contributed by atoms with Crippen LogP contribution in [0.3, 0.4) is 0 Å². The van der Waals surface area contributed by atoms with E-state index < -0.39 is 18.0 Å². The van der Waals surface area contributed by atoms with Gasteiger partial charge in [0.15, 0.2) is 11.9 Å². The lowest BCUT2D eigenvalue weighted by atomic mass is 10.2. The Labute approximate surface area is 160 Å². The second kappa shape index (κ2) is 8.73. The highest BCUT2D eigenvalue weighted by molar-refractivity contribution is 6.36. The lowest BCUT2D eigenvalue weighted by molar-refractivity contribution is -0.123. The van der Waals surface area contributed by atoms with Gasteiger partial charge in [0.1, 0.15) is 17.1 Å². The zero-order chi connectivity index (χ0) is 19.3. The molecule has 1 amide bonds. The van der Waals surface area contributed by atoms with E-state index in [-0.39, 0.29) is 22.2 Å². The molecule has 1 aromatic heterocycles. The van der Waals surface area contributed by atoms with Crippen LogP contribution in [-0.2, 0) is 9.53 Å². The van der Waals surface area contributed by atoms with Gasteiger partial charge in [0.25, 0.3) is 5.91 Å². The molecule has 1 atom stereocenters. The minimum Gasteiger partial charge on any atom is -0.497 e. The second-order valence-electron chi connectivity index (χ2n) is 5.09. The van der Waals surface area contributed by atoms with Crippen LogP contribution < -0.4 is 14.8 Å². The van der Waals surface area contributed by atoms with Crippen LogP contribution in [0.1, 0.15) is 17.3 Å². The number of ether oxygens (including phenoxy) is 3. The molecule has 0 radical (unpaired) electrons. The number of hydrogen-bond acceptors (Lipinski definition) is 6. The summed E-state index contributed by atoms with van der Waals surface area (Å²) in [7, 11) is 2.91. The first-order valence-electron chi connectivity index (χ1n) is 7.40. The molecular formula is C17H16Cl2N2O5. The van der Waals surface area contributed by atoms with Crippen molar-refractivity contribution >= 4 is 40.9 Å². The number of anilines is 1. The fourth-order valence-corrected chi connectivity index (χ4v) is 2.40. The average molecular weight is 399 g/mol. The van der Waals surface area contributed by atoms with E-state index in [0.717, 1.165) is 0 Å². The molecule has 2 rings (SSSR count). The SMILES string of the molecule is COc1ccc(C(=O)O[C@H](C)C(=O)Nc2ncc(Cl)cc2Cl)c(OC)c1. The molecule has 26 heavy (non-hydrogen) atoms. The van der Waals surface area contributed by atoms with Crippen molar-refractivity contribution < 1.29 is 23.8 Å². The number of methoxy groups -OCH3 is 2. The number of halogens is 2. The fraction of sp³-hybridized carbons (Fsp3) is 0.235. The molecule has 138 valence electrons. The number of benzene rings is 1. The van der Waals surface area contributed by atoms with Gasteiger partial charge in [0, 0.05) is 12.3 Å². The Morgan fingerprint density at radius 2 is 1.88 bits per heavy atom. The Bertz CT molecular complexity index is 829. The van der Waals surface area contributed by atoms with E-state index in [4.69, 9.17) is 37.4 Å². The molecule has 7 nitrogen and oxygen atoms in total. The van der Waals surface area contributed by atoms with Crippen molar-refractivity contribution in [2.45, 2.75) is 13.0 Å². The third-order valence-corrected chi connectivity index (χ3v) is 3.83. The maximum atomic E-state index is 12.3. The third-order valence-electron chi connectivity index (χ3n) is 3.33. The first-order valence-corrected chi connectivity index (χ1v) is 8.16. The smallest absolute Gasteiger partial charge is 0.342 e. The third kappa shape index (κ3) is 4.77. The quantitative estimate of drug-likeness (QED) is 0.748. The van der Waals surface area contributed by atoms with Gasteiger partial charge in [-0.15, -0.1) is 0 Å². The predicted octanol–water partition coefficient (Wildman–Crippen LogP) is 3.59. The van der Waals surface area contributed by atoms with E-state index in [2.05, 4.69) is 10.3 Å². The van der Waals surface area contributed by atoms with Gasteiger partial charge in [-0.05, 0) is 25.1 Å². The largest absolute Gasteiger partial charge is 0.497 e. The van der Waals surface area contributed by atoms with Crippen molar-refractivity contribution in [3.05, 3.63) is 46.1 Å².